The van der Waals surface area contributed by atoms with Crippen molar-refractivity contribution in [1.82, 2.24) is 14.6 Å². The van der Waals surface area contributed by atoms with Gasteiger partial charge in [-0.25, -0.2) is 9.97 Å². The first-order chi connectivity index (χ1) is 24.3. The van der Waals surface area contributed by atoms with Gasteiger partial charge in [-0.05, 0) is 63.5 Å². The van der Waals surface area contributed by atoms with E-state index >= 15 is 0 Å². The fourth-order valence-electron chi connectivity index (χ4n) is 7.69. The van der Waals surface area contributed by atoms with Crippen LogP contribution in [0.5, 0.6) is 0 Å². The molecule has 0 unspecified atom stereocenters. The molecule has 9 aromatic rings. The Hall–Kier alpha value is -6.81. The molecule has 0 aliphatic carbocycles. The molecule has 0 spiro atoms. The van der Waals surface area contributed by atoms with E-state index in [1.165, 1.54) is 44.0 Å². The van der Waals surface area contributed by atoms with Crippen molar-refractivity contribution in [3.8, 4) is 22.5 Å². The molecule has 0 bridgehead atoms. The lowest BCUT2D eigenvalue weighted by Gasteiger charge is -2.34. The molecule has 226 valence electrons. The van der Waals surface area contributed by atoms with E-state index in [2.05, 4.69) is 119 Å². The van der Waals surface area contributed by atoms with Crippen LogP contribution < -0.4 is 9.57 Å². The quantitative estimate of drug-likeness (QED) is 0.183. The van der Waals surface area contributed by atoms with Gasteiger partial charge in [0.05, 0.1) is 16.9 Å². The largest absolute Gasteiger partial charge is 0.452 e. The molecular formula is C44H25N4O+. The van der Waals surface area contributed by atoms with Crippen LogP contribution in [0.25, 0.3) is 82.5 Å². The van der Waals surface area contributed by atoms with E-state index in [4.69, 9.17) is 14.4 Å². The Morgan fingerprint density at radius 1 is 0.612 bits per heavy atom. The minimum Gasteiger partial charge on any atom is -0.452 e. The van der Waals surface area contributed by atoms with Crippen molar-refractivity contribution < 1.29 is 4.42 Å². The number of rotatable bonds is 3. The number of fused-ring (bicyclic) bond motifs is 8. The highest BCUT2D eigenvalue weighted by Crippen LogP contribution is 2.53. The van der Waals surface area contributed by atoms with Crippen LogP contribution in [0.2, 0.25) is 0 Å². The summed E-state index contributed by atoms with van der Waals surface area (Å²) in [5.41, 5.74) is 10.9. The van der Waals surface area contributed by atoms with Crippen LogP contribution in [0.3, 0.4) is 0 Å². The van der Waals surface area contributed by atoms with Gasteiger partial charge in [-0.15, -0.1) is 4.67 Å². The summed E-state index contributed by atoms with van der Waals surface area (Å²) in [7, 11) is 0. The Labute approximate surface area is 280 Å². The number of para-hydroxylation sites is 1. The van der Waals surface area contributed by atoms with Crippen molar-refractivity contribution in [2.24, 2.45) is 0 Å². The Morgan fingerprint density at radius 2 is 1.41 bits per heavy atom. The van der Waals surface area contributed by atoms with Crippen molar-refractivity contribution >= 4 is 89.5 Å². The number of anilines is 3. The highest BCUT2D eigenvalue weighted by molar-refractivity contribution is 6.21. The molecule has 4 heterocycles. The van der Waals surface area contributed by atoms with Gasteiger partial charge in [-0.3, -0.25) is 0 Å². The SMILES string of the molecule is C1=[N+]=CC(c2nc(-c3ccc4cc(N5c6c(ccc7ccccc67)-c6cccc7cccc5c67)ccc4c3)nc3c2oc2ccccc23)=C1. The smallest absolute Gasteiger partial charge is 0.302 e. The predicted octanol–water partition coefficient (Wildman–Crippen LogP) is 10.6. The van der Waals surface area contributed by atoms with Crippen molar-refractivity contribution in [1.29, 1.82) is 0 Å². The standard InChI is InChI=1S/C44H25N4O/c1-2-10-33-26(7-1)18-20-35-34-12-5-8-27-9-6-13-37(39(27)34)48(42(33)35)32-19-17-28-23-30(16-15-29(28)24-32)44-46-40(31-21-22-45-25-31)43-41(47-44)36-11-3-4-14-38(36)49-43/h1-25H/q+1. The van der Waals surface area contributed by atoms with Crippen molar-refractivity contribution in [2.75, 3.05) is 4.90 Å². The molecule has 7 aromatic carbocycles. The van der Waals surface area contributed by atoms with Gasteiger partial charge >= 0.3 is 6.21 Å². The molecule has 2 aromatic heterocycles. The lowest BCUT2D eigenvalue weighted by atomic mass is 9.88. The third-order valence-electron chi connectivity index (χ3n) is 9.93. The summed E-state index contributed by atoms with van der Waals surface area (Å²) in [5.74, 6) is 0.654. The molecule has 0 saturated heterocycles. The van der Waals surface area contributed by atoms with Crippen LogP contribution in [0.4, 0.5) is 17.1 Å². The van der Waals surface area contributed by atoms with Crippen LogP contribution in [0.1, 0.15) is 5.69 Å². The van der Waals surface area contributed by atoms with E-state index in [-0.39, 0.29) is 0 Å². The van der Waals surface area contributed by atoms with Crippen LogP contribution in [-0.2, 0) is 0 Å². The molecule has 49 heavy (non-hydrogen) atoms. The van der Waals surface area contributed by atoms with Crippen molar-refractivity contribution in [3.05, 3.63) is 145 Å². The topological polar surface area (TPSA) is 56.3 Å². The lowest BCUT2D eigenvalue weighted by Crippen LogP contribution is -2.15. The maximum absolute atomic E-state index is 6.28. The summed E-state index contributed by atoms with van der Waals surface area (Å²) >= 11 is 0. The zero-order valence-corrected chi connectivity index (χ0v) is 26.1. The van der Waals surface area contributed by atoms with Crippen LogP contribution in [0.15, 0.2) is 144 Å². The lowest BCUT2D eigenvalue weighted by molar-refractivity contribution is 0.664. The Bertz CT molecular complexity index is 2990. The number of hydrogen-bond donors (Lipinski definition) is 0. The summed E-state index contributed by atoms with van der Waals surface area (Å²) in [6.07, 6.45) is 5.56. The van der Waals surface area contributed by atoms with E-state index in [9.17, 15) is 0 Å². The monoisotopic (exact) mass is 625 g/mol. The Kier molecular flexibility index (Phi) is 5.28. The normalized spacial score (nSPS) is 13.3. The minimum atomic E-state index is 0.654. The summed E-state index contributed by atoms with van der Waals surface area (Å²) in [6, 6.07) is 47.7. The number of nitrogens with zero attached hydrogens (tertiary/aromatic N) is 4. The highest BCUT2D eigenvalue weighted by Gasteiger charge is 2.28. The molecule has 11 rings (SSSR count). The number of hydrogen-bond acceptors (Lipinski definition) is 4. The third-order valence-corrected chi connectivity index (χ3v) is 9.93. The van der Waals surface area contributed by atoms with E-state index in [0.29, 0.717) is 11.4 Å². The molecule has 0 atom stereocenters. The zero-order chi connectivity index (χ0) is 32.1. The van der Waals surface area contributed by atoms with Crippen LogP contribution >= 0.6 is 0 Å². The number of aromatic nitrogens is 2. The van der Waals surface area contributed by atoms with Gasteiger partial charge in [0.15, 0.2) is 11.4 Å². The summed E-state index contributed by atoms with van der Waals surface area (Å²) in [5, 5.41) is 8.20. The van der Waals surface area contributed by atoms with Gasteiger partial charge in [0, 0.05) is 39.0 Å². The second-order valence-electron chi connectivity index (χ2n) is 12.7. The average Bonchev–Trinajstić information content (AvgIpc) is 3.83. The summed E-state index contributed by atoms with van der Waals surface area (Å²) in [6.45, 7) is 0. The van der Waals surface area contributed by atoms with Crippen molar-refractivity contribution in [3.63, 3.8) is 0 Å². The fraction of sp³-hybridized carbons (Fsp3) is 0. The van der Waals surface area contributed by atoms with E-state index in [1.807, 2.05) is 36.6 Å². The van der Waals surface area contributed by atoms with Gasteiger partial charge in [0.1, 0.15) is 16.8 Å². The van der Waals surface area contributed by atoms with E-state index in [0.717, 1.165) is 49.8 Å². The third kappa shape index (κ3) is 3.79. The van der Waals surface area contributed by atoms with Crippen LogP contribution in [0, 0.1) is 0 Å². The van der Waals surface area contributed by atoms with Gasteiger partial charge in [0.25, 0.3) is 6.21 Å². The Morgan fingerprint density at radius 3 is 2.33 bits per heavy atom. The van der Waals surface area contributed by atoms with E-state index in [1.54, 1.807) is 6.21 Å². The van der Waals surface area contributed by atoms with Gasteiger partial charge in [0.2, 0.25) is 0 Å². The highest BCUT2D eigenvalue weighted by atomic mass is 16.3. The number of benzene rings is 7. The average molecular weight is 626 g/mol. The maximum atomic E-state index is 6.28. The molecular weight excluding hydrogens is 601 g/mol. The molecule has 2 aliphatic heterocycles. The molecule has 0 N–H and O–H groups in total. The fourth-order valence-corrected chi connectivity index (χ4v) is 7.69. The summed E-state index contributed by atoms with van der Waals surface area (Å²) < 4.78 is 10.6. The first-order valence-electron chi connectivity index (χ1n) is 16.4. The predicted molar refractivity (Wildman–Crippen MR) is 203 cm³/mol. The maximum Gasteiger partial charge on any atom is 0.302 e. The molecule has 5 nitrogen and oxygen atoms in total. The first-order valence-corrected chi connectivity index (χ1v) is 16.4. The molecule has 5 heteroatoms. The molecule has 2 aliphatic rings. The van der Waals surface area contributed by atoms with Gasteiger partial charge < -0.3 is 9.32 Å². The number of allylic oxidation sites excluding steroid dienone is 2. The Balaban J connectivity index is 1.10. The zero-order valence-electron chi connectivity index (χ0n) is 26.1. The first kappa shape index (κ1) is 26.3. The van der Waals surface area contributed by atoms with Crippen molar-refractivity contribution in [2.45, 2.75) is 0 Å². The van der Waals surface area contributed by atoms with Gasteiger partial charge in [-0.1, -0.05) is 97.1 Å². The van der Waals surface area contributed by atoms with Gasteiger partial charge in [-0.2, -0.15) is 0 Å². The minimum absolute atomic E-state index is 0.654. The van der Waals surface area contributed by atoms with E-state index < -0.39 is 0 Å². The van der Waals surface area contributed by atoms with Crippen LogP contribution in [-0.4, -0.2) is 22.4 Å². The molecule has 0 fully saturated rings. The summed E-state index contributed by atoms with van der Waals surface area (Å²) in [4.78, 5) is 12.6. The molecule has 0 radical (unpaired) electrons. The second-order valence-corrected chi connectivity index (χ2v) is 12.7. The number of furan rings is 1. The molecule has 0 saturated carbocycles. The molecule has 0 amide bonds. The second kappa shape index (κ2) is 9.85.